The van der Waals surface area contributed by atoms with E-state index in [1.165, 1.54) is 5.56 Å². The molecule has 0 aliphatic rings. The molecule has 0 aliphatic carbocycles. The van der Waals surface area contributed by atoms with Crippen LogP contribution in [-0.4, -0.2) is 16.6 Å². The lowest BCUT2D eigenvalue weighted by atomic mass is 10.2. The van der Waals surface area contributed by atoms with E-state index in [9.17, 15) is 0 Å². The molecule has 3 heteroatoms. The molecule has 0 fully saturated rings. The second-order valence-corrected chi connectivity index (χ2v) is 14.6. The van der Waals surface area contributed by atoms with E-state index in [4.69, 9.17) is 4.12 Å². The van der Waals surface area contributed by atoms with Crippen LogP contribution in [-0.2, 0) is 4.12 Å². The van der Waals surface area contributed by atoms with Crippen molar-refractivity contribution in [3.63, 3.8) is 0 Å². The van der Waals surface area contributed by atoms with Gasteiger partial charge in [-0.25, -0.2) is 0 Å². The van der Waals surface area contributed by atoms with Crippen LogP contribution in [0.15, 0.2) is 48.7 Å². The first kappa shape index (κ1) is 16.1. The predicted octanol–water partition coefficient (Wildman–Crippen LogP) is 5.24. The number of allylic oxidation sites excluding steroid dienone is 1. The highest BCUT2D eigenvalue weighted by atomic mass is 28.4. The summed E-state index contributed by atoms with van der Waals surface area (Å²) in [7, 11) is -3.41. The van der Waals surface area contributed by atoms with Crippen molar-refractivity contribution in [1.29, 1.82) is 0 Å². The third-order valence-corrected chi connectivity index (χ3v) is 11.1. The van der Waals surface area contributed by atoms with E-state index in [0.717, 1.165) is 0 Å². The maximum absolute atomic E-state index is 6.43. The van der Waals surface area contributed by atoms with Crippen LogP contribution in [0.5, 0.6) is 0 Å². The molecule has 0 N–H and O–H groups in total. The largest absolute Gasteiger partial charge is 0.452 e. The van der Waals surface area contributed by atoms with Crippen molar-refractivity contribution in [2.45, 2.75) is 38.7 Å². The van der Waals surface area contributed by atoms with Crippen LogP contribution in [0.2, 0.25) is 31.7 Å². The van der Waals surface area contributed by atoms with Crippen LogP contribution < -0.4 is 0 Å². The van der Waals surface area contributed by atoms with E-state index < -0.39 is 16.6 Å². The number of benzene rings is 1. The minimum atomic E-state index is -1.71. The standard InChI is InChI=1S/C16H26OSi2/c1-7-18(3,4)17-19(5,6)15(2)13-14-16-11-9-8-10-12-16/h7-15H,1H2,2-6H3/b14-13+. The van der Waals surface area contributed by atoms with Crippen LogP contribution >= 0.6 is 0 Å². The highest BCUT2D eigenvalue weighted by molar-refractivity contribution is 6.88. The van der Waals surface area contributed by atoms with Crippen LogP contribution in [0.3, 0.4) is 0 Å². The Balaban J connectivity index is 2.73. The fourth-order valence-corrected chi connectivity index (χ4v) is 8.92. The van der Waals surface area contributed by atoms with Crippen molar-refractivity contribution in [2.24, 2.45) is 0 Å². The highest BCUT2D eigenvalue weighted by Gasteiger charge is 2.34. The van der Waals surface area contributed by atoms with Crippen molar-refractivity contribution in [2.75, 3.05) is 0 Å². The van der Waals surface area contributed by atoms with Crippen molar-refractivity contribution in [1.82, 2.24) is 0 Å². The molecule has 0 heterocycles. The van der Waals surface area contributed by atoms with Gasteiger partial charge >= 0.3 is 0 Å². The summed E-state index contributed by atoms with van der Waals surface area (Å²) in [5, 5.41) is 0. The molecule has 19 heavy (non-hydrogen) atoms. The van der Waals surface area contributed by atoms with Gasteiger partial charge in [0.2, 0.25) is 0 Å². The predicted molar refractivity (Wildman–Crippen MR) is 91.1 cm³/mol. The summed E-state index contributed by atoms with van der Waals surface area (Å²) in [6.45, 7) is 15.2. The Kier molecular flexibility index (Phi) is 5.53. The molecule has 0 saturated heterocycles. The summed E-state index contributed by atoms with van der Waals surface area (Å²) in [6.07, 6.45) is 4.49. The van der Waals surface area contributed by atoms with Gasteiger partial charge in [-0.05, 0) is 37.3 Å². The molecule has 1 aromatic carbocycles. The minimum absolute atomic E-state index is 0.486. The van der Waals surface area contributed by atoms with E-state index in [-0.39, 0.29) is 0 Å². The lowest BCUT2D eigenvalue weighted by molar-refractivity contribution is 0.545. The third kappa shape index (κ3) is 5.31. The first-order valence-corrected chi connectivity index (χ1v) is 12.8. The maximum Gasteiger partial charge on any atom is 0.198 e. The Labute approximate surface area is 120 Å². The number of hydrogen-bond donors (Lipinski definition) is 0. The lowest BCUT2D eigenvalue weighted by Gasteiger charge is -2.35. The van der Waals surface area contributed by atoms with Crippen LogP contribution in [0.1, 0.15) is 12.5 Å². The number of rotatable bonds is 6. The molecule has 0 saturated carbocycles. The molecule has 104 valence electrons. The van der Waals surface area contributed by atoms with Gasteiger partial charge in [0, 0.05) is 0 Å². The molecule has 0 aliphatic heterocycles. The summed E-state index contributed by atoms with van der Waals surface area (Å²) < 4.78 is 6.43. The normalized spacial score (nSPS) is 14.6. The Morgan fingerprint density at radius 1 is 1.11 bits per heavy atom. The van der Waals surface area contributed by atoms with Crippen molar-refractivity contribution >= 4 is 22.7 Å². The summed E-state index contributed by atoms with van der Waals surface area (Å²) in [5.74, 6) is 0. The molecule has 0 aromatic heterocycles. The first-order chi connectivity index (χ1) is 8.77. The number of hydrogen-bond acceptors (Lipinski definition) is 1. The Bertz CT molecular complexity index is 435. The molecule has 1 nitrogen and oxygen atoms in total. The molecule has 0 bridgehead atoms. The van der Waals surface area contributed by atoms with Crippen molar-refractivity contribution < 1.29 is 4.12 Å². The minimum Gasteiger partial charge on any atom is -0.452 e. The van der Waals surface area contributed by atoms with Gasteiger partial charge in [-0.15, -0.1) is 6.58 Å². The zero-order valence-electron chi connectivity index (χ0n) is 12.8. The molecule has 0 radical (unpaired) electrons. The molecular weight excluding hydrogens is 264 g/mol. The summed E-state index contributed by atoms with van der Waals surface area (Å²) in [5.41, 5.74) is 3.76. The second kappa shape index (κ2) is 6.50. The monoisotopic (exact) mass is 290 g/mol. The zero-order valence-corrected chi connectivity index (χ0v) is 14.8. The van der Waals surface area contributed by atoms with E-state index in [0.29, 0.717) is 5.54 Å². The van der Waals surface area contributed by atoms with Gasteiger partial charge < -0.3 is 4.12 Å². The second-order valence-electron chi connectivity index (χ2n) is 6.07. The Morgan fingerprint density at radius 3 is 2.21 bits per heavy atom. The Hall–Kier alpha value is -0.906. The highest BCUT2D eigenvalue weighted by Crippen LogP contribution is 2.28. The van der Waals surface area contributed by atoms with Crippen LogP contribution in [0, 0.1) is 0 Å². The van der Waals surface area contributed by atoms with E-state index in [1.54, 1.807) is 0 Å². The molecule has 0 spiro atoms. The SMILES string of the molecule is C=C[Si](C)(C)O[Si](C)(C)C(C)/C=C/c1ccccc1. The molecule has 1 aromatic rings. The quantitative estimate of drug-likeness (QED) is 0.651. The van der Waals surface area contributed by atoms with Gasteiger partial charge in [0.05, 0.1) is 0 Å². The molecular formula is C16H26OSi2. The van der Waals surface area contributed by atoms with Gasteiger partial charge in [-0.3, -0.25) is 0 Å². The summed E-state index contributed by atoms with van der Waals surface area (Å²) >= 11 is 0. The van der Waals surface area contributed by atoms with Gasteiger partial charge in [-0.1, -0.05) is 55.1 Å². The third-order valence-electron chi connectivity index (χ3n) is 3.49. The first-order valence-electron chi connectivity index (χ1n) is 6.84. The fraction of sp³-hybridized carbons (Fsp3) is 0.375. The fourth-order valence-electron chi connectivity index (χ4n) is 1.86. The molecule has 1 unspecified atom stereocenters. The molecule has 0 amide bonds. The van der Waals surface area contributed by atoms with Crippen LogP contribution in [0.4, 0.5) is 0 Å². The van der Waals surface area contributed by atoms with Gasteiger partial charge in [0.15, 0.2) is 16.6 Å². The van der Waals surface area contributed by atoms with E-state index in [1.807, 2.05) is 11.8 Å². The van der Waals surface area contributed by atoms with Crippen molar-refractivity contribution in [3.8, 4) is 0 Å². The topological polar surface area (TPSA) is 9.23 Å². The summed E-state index contributed by atoms with van der Waals surface area (Å²) in [4.78, 5) is 0. The molecule has 1 rings (SSSR count). The van der Waals surface area contributed by atoms with Gasteiger partial charge in [0.25, 0.3) is 0 Å². The van der Waals surface area contributed by atoms with Gasteiger partial charge in [0.1, 0.15) is 0 Å². The van der Waals surface area contributed by atoms with E-state index >= 15 is 0 Å². The van der Waals surface area contributed by atoms with Gasteiger partial charge in [-0.2, -0.15) is 0 Å². The molecule has 1 atom stereocenters. The Morgan fingerprint density at radius 2 is 1.68 bits per heavy atom. The lowest BCUT2D eigenvalue weighted by Crippen LogP contribution is -2.45. The van der Waals surface area contributed by atoms with Crippen LogP contribution in [0.25, 0.3) is 6.08 Å². The zero-order chi connectivity index (χ0) is 14.5. The average Bonchev–Trinajstić information content (AvgIpc) is 2.36. The summed E-state index contributed by atoms with van der Waals surface area (Å²) in [6, 6.07) is 10.4. The average molecular weight is 291 g/mol. The maximum atomic E-state index is 6.43. The van der Waals surface area contributed by atoms with E-state index in [2.05, 4.69) is 76.1 Å². The smallest absolute Gasteiger partial charge is 0.198 e. The van der Waals surface area contributed by atoms with Crippen molar-refractivity contribution in [3.05, 3.63) is 54.2 Å².